The Kier molecular flexibility index (Phi) is 5.63. The third-order valence-electron chi connectivity index (χ3n) is 3.76. The van der Waals surface area contributed by atoms with E-state index in [4.69, 9.17) is 15.2 Å². The van der Waals surface area contributed by atoms with Crippen LogP contribution in [0.2, 0.25) is 0 Å². The smallest absolute Gasteiger partial charge is 0.344 e. The molecule has 0 aromatic heterocycles. The van der Waals surface area contributed by atoms with E-state index in [0.29, 0.717) is 36.6 Å². The average Bonchev–Trinajstić information content (AvgIpc) is 2.50. The molecule has 0 spiro atoms. The number of ether oxygens (including phenoxy) is 2. The van der Waals surface area contributed by atoms with Crippen molar-refractivity contribution in [2.75, 3.05) is 24.3 Å². The second-order valence-corrected chi connectivity index (χ2v) is 5.62. The summed E-state index contributed by atoms with van der Waals surface area (Å²) in [6.07, 6.45) is 0.609. The Balaban J connectivity index is 1.88. The Bertz CT molecular complexity index is 542. The van der Waals surface area contributed by atoms with Crippen LogP contribution in [0, 0.1) is 0 Å². The van der Waals surface area contributed by atoms with Crippen LogP contribution >= 0.6 is 0 Å². The lowest BCUT2D eigenvalue weighted by Gasteiger charge is -2.29. The third kappa shape index (κ3) is 5.26. The van der Waals surface area contributed by atoms with E-state index in [-0.39, 0.29) is 25.5 Å². The Morgan fingerprint density at radius 1 is 1.39 bits per heavy atom. The summed E-state index contributed by atoms with van der Waals surface area (Å²) in [6, 6.07) is 4.99. The highest BCUT2D eigenvalue weighted by atomic mass is 19.3. The van der Waals surface area contributed by atoms with Crippen LogP contribution in [-0.4, -0.2) is 31.1 Å². The van der Waals surface area contributed by atoms with Gasteiger partial charge in [0, 0.05) is 24.9 Å². The first-order valence-corrected chi connectivity index (χ1v) is 7.72. The molecule has 23 heavy (non-hydrogen) atoms. The fourth-order valence-corrected chi connectivity index (χ4v) is 2.51. The van der Waals surface area contributed by atoms with Crippen LogP contribution in [0.3, 0.4) is 0 Å². The Morgan fingerprint density at radius 3 is 2.70 bits per heavy atom. The summed E-state index contributed by atoms with van der Waals surface area (Å²) < 4.78 is 36.4. The lowest BCUT2D eigenvalue weighted by atomic mass is 9.92. The number of halogens is 2. The summed E-state index contributed by atoms with van der Waals surface area (Å²) in [5, 5.41) is 3.19. The zero-order valence-electron chi connectivity index (χ0n) is 13.1. The number of carbonyl (C=O) groups excluding carboxylic acids is 1. The molecule has 0 atom stereocenters. The quantitative estimate of drug-likeness (QED) is 0.620. The Morgan fingerprint density at radius 2 is 2.09 bits per heavy atom. The molecule has 1 aliphatic carbocycles. The normalized spacial score (nSPS) is 17.5. The fourth-order valence-electron chi connectivity index (χ4n) is 2.51. The molecule has 1 fully saturated rings. The highest BCUT2D eigenvalue weighted by Gasteiger charge is 2.34. The maximum atomic E-state index is 13.1. The maximum absolute atomic E-state index is 13.1. The number of hydrogen-bond acceptors (Lipinski definition) is 5. The van der Waals surface area contributed by atoms with Gasteiger partial charge in [-0.1, -0.05) is 0 Å². The summed E-state index contributed by atoms with van der Waals surface area (Å²) in [5.74, 6) is -2.54. The van der Waals surface area contributed by atoms with E-state index in [2.05, 4.69) is 5.32 Å². The molecule has 0 radical (unpaired) electrons. The van der Waals surface area contributed by atoms with Crippen molar-refractivity contribution < 1.29 is 23.0 Å². The number of nitrogen functional groups attached to an aromatic ring is 1. The van der Waals surface area contributed by atoms with Crippen LogP contribution in [-0.2, 0) is 9.53 Å². The van der Waals surface area contributed by atoms with Gasteiger partial charge in [0.2, 0.25) is 5.92 Å². The van der Waals surface area contributed by atoms with E-state index < -0.39 is 11.9 Å². The molecule has 0 aliphatic heterocycles. The zero-order valence-corrected chi connectivity index (χ0v) is 13.1. The van der Waals surface area contributed by atoms with Crippen molar-refractivity contribution in [3.05, 3.63) is 18.2 Å². The number of anilines is 2. The standard InChI is InChI=1S/C16H22F2N2O3/c1-2-22-15(21)10-23-12-3-4-14(13(19)9-12)20-11-5-7-16(17,18)8-6-11/h3-4,9,11,20H,2,5-8,10,19H2,1H3. The predicted octanol–water partition coefficient (Wildman–Crippen LogP) is 3.20. The first-order valence-electron chi connectivity index (χ1n) is 7.72. The zero-order chi connectivity index (χ0) is 16.9. The van der Waals surface area contributed by atoms with Gasteiger partial charge in [0.1, 0.15) is 5.75 Å². The number of carbonyl (C=O) groups is 1. The number of esters is 1. The Hall–Kier alpha value is -2.05. The minimum atomic E-state index is -2.55. The van der Waals surface area contributed by atoms with Gasteiger partial charge in [-0.2, -0.15) is 0 Å². The Labute approximate surface area is 134 Å². The molecule has 0 heterocycles. The molecule has 0 bridgehead atoms. The van der Waals surface area contributed by atoms with Gasteiger partial charge in [0.15, 0.2) is 6.61 Å². The van der Waals surface area contributed by atoms with Gasteiger partial charge in [0.05, 0.1) is 18.0 Å². The van der Waals surface area contributed by atoms with Crippen molar-refractivity contribution in [1.82, 2.24) is 0 Å². The van der Waals surface area contributed by atoms with Crippen LogP contribution in [0.25, 0.3) is 0 Å². The maximum Gasteiger partial charge on any atom is 0.344 e. The van der Waals surface area contributed by atoms with Crippen molar-refractivity contribution >= 4 is 17.3 Å². The first kappa shape index (κ1) is 17.3. The summed E-state index contributed by atoms with van der Waals surface area (Å²) in [5.41, 5.74) is 7.08. The number of benzene rings is 1. The van der Waals surface area contributed by atoms with E-state index in [0.717, 1.165) is 0 Å². The van der Waals surface area contributed by atoms with Crippen molar-refractivity contribution in [1.29, 1.82) is 0 Å². The van der Waals surface area contributed by atoms with E-state index in [1.54, 1.807) is 25.1 Å². The third-order valence-corrected chi connectivity index (χ3v) is 3.76. The molecule has 1 aromatic carbocycles. The van der Waals surface area contributed by atoms with Crippen LogP contribution < -0.4 is 15.8 Å². The SMILES string of the molecule is CCOC(=O)COc1ccc(NC2CCC(F)(F)CC2)c(N)c1. The highest BCUT2D eigenvalue weighted by molar-refractivity contribution is 5.72. The van der Waals surface area contributed by atoms with Gasteiger partial charge in [-0.05, 0) is 31.9 Å². The van der Waals surface area contributed by atoms with Gasteiger partial charge in [-0.25, -0.2) is 13.6 Å². The second-order valence-electron chi connectivity index (χ2n) is 5.62. The lowest BCUT2D eigenvalue weighted by Crippen LogP contribution is -2.32. The van der Waals surface area contributed by atoms with Gasteiger partial charge in [-0.15, -0.1) is 0 Å². The van der Waals surface area contributed by atoms with Gasteiger partial charge in [0.25, 0.3) is 0 Å². The summed E-state index contributed by atoms with van der Waals surface area (Å²) in [6.45, 7) is 1.84. The van der Waals surface area contributed by atoms with Crippen molar-refractivity contribution in [3.8, 4) is 5.75 Å². The summed E-state index contributed by atoms with van der Waals surface area (Å²) in [4.78, 5) is 11.2. The second kappa shape index (κ2) is 7.48. The lowest BCUT2D eigenvalue weighted by molar-refractivity contribution is -0.145. The number of nitrogens with one attached hydrogen (secondary N) is 1. The molecule has 0 amide bonds. The molecule has 1 aliphatic rings. The fraction of sp³-hybridized carbons (Fsp3) is 0.562. The van der Waals surface area contributed by atoms with Gasteiger partial charge in [-0.3, -0.25) is 0 Å². The molecule has 0 unspecified atom stereocenters. The van der Waals surface area contributed by atoms with Crippen LogP contribution in [0.4, 0.5) is 20.2 Å². The summed E-state index contributed by atoms with van der Waals surface area (Å²) >= 11 is 0. The van der Waals surface area contributed by atoms with E-state index in [9.17, 15) is 13.6 Å². The van der Waals surface area contributed by atoms with Crippen molar-refractivity contribution in [3.63, 3.8) is 0 Å². The average molecular weight is 328 g/mol. The molecular formula is C16H22F2N2O3. The monoisotopic (exact) mass is 328 g/mol. The topological polar surface area (TPSA) is 73.6 Å². The predicted molar refractivity (Wildman–Crippen MR) is 83.8 cm³/mol. The number of hydrogen-bond donors (Lipinski definition) is 2. The highest BCUT2D eigenvalue weighted by Crippen LogP contribution is 2.35. The van der Waals surface area contributed by atoms with Crippen LogP contribution in [0.1, 0.15) is 32.6 Å². The molecular weight excluding hydrogens is 306 g/mol. The summed E-state index contributed by atoms with van der Waals surface area (Å²) in [7, 11) is 0. The molecule has 0 saturated heterocycles. The van der Waals surface area contributed by atoms with Crippen molar-refractivity contribution in [2.45, 2.75) is 44.6 Å². The molecule has 128 valence electrons. The molecule has 1 saturated carbocycles. The molecule has 1 aromatic rings. The minimum Gasteiger partial charge on any atom is -0.482 e. The van der Waals surface area contributed by atoms with E-state index in [1.807, 2.05) is 0 Å². The van der Waals surface area contributed by atoms with Crippen molar-refractivity contribution in [2.24, 2.45) is 0 Å². The molecule has 3 N–H and O–H groups in total. The molecule has 7 heteroatoms. The largest absolute Gasteiger partial charge is 0.482 e. The van der Waals surface area contributed by atoms with Crippen LogP contribution in [0.5, 0.6) is 5.75 Å². The van der Waals surface area contributed by atoms with E-state index in [1.165, 1.54) is 0 Å². The molecule has 5 nitrogen and oxygen atoms in total. The number of alkyl halides is 2. The van der Waals surface area contributed by atoms with E-state index >= 15 is 0 Å². The van der Waals surface area contributed by atoms with Gasteiger partial charge >= 0.3 is 5.97 Å². The van der Waals surface area contributed by atoms with Crippen LogP contribution in [0.15, 0.2) is 18.2 Å². The van der Waals surface area contributed by atoms with Gasteiger partial charge < -0.3 is 20.5 Å². The molecule has 2 rings (SSSR count). The first-order chi connectivity index (χ1) is 10.9. The number of rotatable bonds is 6. The number of nitrogens with two attached hydrogens (primary N) is 1. The minimum absolute atomic E-state index is 0.0109.